The van der Waals surface area contributed by atoms with Gasteiger partial charge in [-0.15, -0.1) is 0 Å². The minimum Gasteiger partial charge on any atom is -0.447 e. The number of hydrogen-bond acceptors (Lipinski definition) is 7. The van der Waals surface area contributed by atoms with Crippen LogP contribution < -0.4 is 5.32 Å². The van der Waals surface area contributed by atoms with Crippen molar-refractivity contribution in [1.82, 2.24) is 9.88 Å². The SMILES string of the molecule is Cc1cc2nc(NC(=O)OC[C@H](C[C@@H](O)CO)N(C)C(=O)CCc3cccc(F)c3Cl)sc2cc1C. The Kier molecular flexibility index (Phi) is 9.61. The summed E-state index contributed by atoms with van der Waals surface area (Å²) in [6.07, 6.45) is -1.62. The van der Waals surface area contributed by atoms with Gasteiger partial charge in [-0.2, -0.15) is 0 Å². The van der Waals surface area contributed by atoms with Crippen molar-refractivity contribution in [1.29, 1.82) is 0 Å². The van der Waals surface area contributed by atoms with Crippen molar-refractivity contribution < 1.29 is 28.9 Å². The van der Waals surface area contributed by atoms with Crippen LogP contribution in [0.3, 0.4) is 0 Å². The van der Waals surface area contributed by atoms with Gasteiger partial charge in [0.1, 0.15) is 12.4 Å². The van der Waals surface area contributed by atoms with Crippen LogP contribution in [0.25, 0.3) is 10.2 Å². The zero-order valence-electron chi connectivity index (χ0n) is 20.3. The summed E-state index contributed by atoms with van der Waals surface area (Å²) in [5.41, 5.74) is 3.49. The number of aryl methyl sites for hydroxylation is 3. The number of aromatic nitrogens is 1. The van der Waals surface area contributed by atoms with Gasteiger partial charge >= 0.3 is 6.09 Å². The maximum atomic E-state index is 13.7. The van der Waals surface area contributed by atoms with Gasteiger partial charge < -0.3 is 19.8 Å². The lowest BCUT2D eigenvalue weighted by Crippen LogP contribution is -2.43. The molecule has 0 aliphatic rings. The molecule has 0 fully saturated rings. The van der Waals surface area contributed by atoms with E-state index in [1.807, 2.05) is 26.0 Å². The molecule has 3 aromatic rings. The largest absolute Gasteiger partial charge is 0.447 e. The molecule has 0 aliphatic carbocycles. The van der Waals surface area contributed by atoms with Crippen molar-refractivity contribution in [3.8, 4) is 0 Å². The minimum absolute atomic E-state index is 0.00751. The van der Waals surface area contributed by atoms with Crippen LogP contribution in [0.15, 0.2) is 30.3 Å². The van der Waals surface area contributed by atoms with Gasteiger partial charge in [-0.3, -0.25) is 10.1 Å². The second-order valence-corrected chi connectivity index (χ2v) is 10.00. The Morgan fingerprint density at radius 2 is 2.00 bits per heavy atom. The summed E-state index contributed by atoms with van der Waals surface area (Å²) in [6.45, 7) is 3.27. The number of amides is 2. The Hall–Kier alpha value is -2.79. The number of aliphatic hydroxyl groups excluding tert-OH is 2. The molecule has 8 nitrogen and oxygen atoms in total. The van der Waals surface area contributed by atoms with E-state index in [9.17, 15) is 24.2 Å². The summed E-state index contributed by atoms with van der Waals surface area (Å²) in [7, 11) is 1.52. The van der Waals surface area contributed by atoms with Crippen molar-refractivity contribution in [2.45, 2.75) is 45.3 Å². The zero-order valence-corrected chi connectivity index (χ0v) is 21.8. The van der Waals surface area contributed by atoms with Crippen LogP contribution in [0.4, 0.5) is 14.3 Å². The molecule has 2 aromatic carbocycles. The van der Waals surface area contributed by atoms with Gasteiger partial charge in [-0.1, -0.05) is 35.1 Å². The van der Waals surface area contributed by atoms with Gasteiger partial charge in [0.2, 0.25) is 5.91 Å². The van der Waals surface area contributed by atoms with Gasteiger partial charge in [0, 0.05) is 13.5 Å². The van der Waals surface area contributed by atoms with Crippen LogP contribution in [0.5, 0.6) is 0 Å². The Bertz CT molecular complexity index is 1200. The summed E-state index contributed by atoms with van der Waals surface area (Å²) in [6, 6.07) is 7.65. The first-order valence-electron chi connectivity index (χ1n) is 11.4. The topological polar surface area (TPSA) is 112 Å². The molecule has 11 heteroatoms. The van der Waals surface area contributed by atoms with Gasteiger partial charge in [0.05, 0.1) is 34.0 Å². The third kappa shape index (κ3) is 7.13. The first-order valence-corrected chi connectivity index (χ1v) is 12.6. The smallest absolute Gasteiger partial charge is 0.413 e. The maximum Gasteiger partial charge on any atom is 0.413 e. The fourth-order valence-electron chi connectivity index (χ4n) is 3.62. The Labute approximate surface area is 217 Å². The van der Waals surface area contributed by atoms with Crippen LogP contribution in [-0.4, -0.2) is 64.5 Å². The summed E-state index contributed by atoms with van der Waals surface area (Å²) in [5.74, 6) is -0.872. The third-order valence-corrected chi connectivity index (χ3v) is 7.31. The highest BCUT2D eigenvalue weighted by Gasteiger charge is 2.25. The van der Waals surface area contributed by atoms with Gasteiger partial charge in [0.15, 0.2) is 5.13 Å². The number of ether oxygens (including phenoxy) is 1. The summed E-state index contributed by atoms with van der Waals surface area (Å²) >= 11 is 7.29. The van der Waals surface area contributed by atoms with Crippen LogP contribution in [-0.2, 0) is 16.0 Å². The van der Waals surface area contributed by atoms with E-state index in [4.69, 9.17) is 16.3 Å². The number of carbonyl (C=O) groups excluding carboxylic acids is 2. The minimum atomic E-state index is -1.11. The predicted octanol–water partition coefficient (Wildman–Crippen LogP) is 4.46. The molecule has 0 unspecified atom stereocenters. The zero-order chi connectivity index (χ0) is 26.4. The van der Waals surface area contributed by atoms with Crippen molar-refractivity contribution in [3.05, 3.63) is 57.9 Å². The monoisotopic (exact) mass is 537 g/mol. The molecule has 1 aromatic heterocycles. The standard InChI is InChI=1S/C25H29ClFN3O5S/c1-14-9-20-21(10-15(14)2)36-24(28-20)29-25(34)35-13-17(11-18(32)12-31)30(3)22(33)8-7-16-5-4-6-19(27)23(16)26/h4-6,9-10,17-18,31-32H,7-8,11-13H2,1-3H3,(H,28,29,34)/t17-,18+/m0/s1. The number of nitrogens with one attached hydrogen (secondary N) is 1. The number of benzene rings is 2. The summed E-state index contributed by atoms with van der Waals surface area (Å²) in [5, 5.41) is 22.2. The third-order valence-electron chi connectivity index (χ3n) is 5.96. The van der Waals surface area contributed by atoms with Crippen molar-refractivity contribution in [2.75, 3.05) is 25.6 Å². The second kappa shape index (κ2) is 12.4. The van der Waals surface area contributed by atoms with E-state index >= 15 is 0 Å². The molecule has 3 rings (SSSR count). The van der Waals surface area contributed by atoms with Crippen molar-refractivity contribution in [2.24, 2.45) is 0 Å². The molecule has 0 radical (unpaired) electrons. The van der Waals surface area contributed by atoms with E-state index in [1.165, 1.54) is 35.4 Å². The van der Waals surface area contributed by atoms with Crippen molar-refractivity contribution >= 4 is 50.3 Å². The number of aliphatic hydroxyl groups is 2. The first-order chi connectivity index (χ1) is 17.1. The number of fused-ring (bicyclic) bond motifs is 1. The van der Waals surface area contributed by atoms with Crippen LogP contribution in [0, 0.1) is 19.7 Å². The van der Waals surface area contributed by atoms with Gasteiger partial charge in [0.25, 0.3) is 0 Å². The molecule has 0 spiro atoms. The van der Waals surface area contributed by atoms with Crippen LogP contribution >= 0.6 is 22.9 Å². The van der Waals surface area contributed by atoms with E-state index in [0.29, 0.717) is 10.7 Å². The molecule has 0 saturated heterocycles. The number of hydrogen-bond donors (Lipinski definition) is 3. The summed E-state index contributed by atoms with van der Waals surface area (Å²) < 4.78 is 19.9. The number of anilines is 1. The van der Waals surface area contributed by atoms with Crippen molar-refractivity contribution in [3.63, 3.8) is 0 Å². The first kappa shape index (κ1) is 27.8. The summed E-state index contributed by atoms with van der Waals surface area (Å²) in [4.78, 5) is 31.0. The Balaban J connectivity index is 1.60. The molecule has 0 bridgehead atoms. The molecule has 2 atom stereocenters. The number of likely N-dealkylation sites (N-methyl/N-ethyl adjacent to an activating group) is 1. The lowest BCUT2D eigenvalue weighted by molar-refractivity contribution is -0.133. The molecule has 1 heterocycles. The predicted molar refractivity (Wildman–Crippen MR) is 138 cm³/mol. The molecule has 2 amide bonds. The number of nitrogens with zero attached hydrogens (tertiary/aromatic N) is 2. The van der Waals surface area contributed by atoms with E-state index in [0.717, 1.165) is 21.3 Å². The average molecular weight is 538 g/mol. The average Bonchev–Trinajstić information content (AvgIpc) is 3.22. The van der Waals surface area contributed by atoms with E-state index in [-0.39, 0.29) is 36.8 Å². The highest BCUT2D eigenvalue weighted by molar-refractivity contribution is 7.22. The van der Waals surface area contributed by atoms with Gasteiger partial charge in [-0.05, 0) is 61.6 Å². The molecule has 36 heavy (non-hydrogen) atoms. The molecule has 0 saturated carbocycles. The van der Waals surface area contributed by atoms with E-state index < -0.39 is 30.7 Å². The Morgan fingerprint density at radius 1 is 1.28 bits per heavy atom. The van der Waals surface area contributed by atoms with E-state index in [2.05, 4.69) is 10.3 Å². The van der Waals surface area contributed by atoms with E-state index in [1.54, 1.807) is 6.07 Å². The molecular formula is C25H29ClFN3O5S. The highest BCUT2D eigenvalue weighted by Crippen LogP contribution is 2.28. The molecular weight excluding hydrogens is 509 g/mol. The quantitative estimate of drug-likeness (QED) is 0.352. The van der Waals surface area contributed by atoms with Crippen LogP contribution in [0.1, 0.15) is 29.5 Å². The lowest BCUT2D eigenvalue weighted by Gasteiger charge is -2.29. The highest BCUT2D eigenvalue weighted by atomic mass is 35.5. The molecule has 0 aliphatic heterocycles. The number of carbonyl (C=O) groups is 2. The second-order valence-electron chi connectivity index (χ2n) is 8.59. The Morgan fingerprint density at radius 3 is 2.72 bits per heavy atom. The number of halogens is 2. The molecule has 3 N–H and O–H groups in total. The normalized spacial score (nSPS) is 12.9. The maximum absolute atomic E-state index is 13.7. The fraction of sp³-hybridized carbons (Fsp3) is 0.400. The van der Waals surface area contributed by atoms with Gasteiger partial charge in [-0.25, -0.2) is 14.2 Å². The van der Waals surface area contributed by atoms with Crippen LogP contribution in [0.2, 0.25) is 5.02 Å². The molecule has 194 valence electrons. The number of thiazole rings is 1. The number of rotatable bonds is 10. The lowest BCUT2D eigenvalue weighted by atomic mass is 10.1. The fourth-order valence-corrected chi connectivity index (χ4v) is 4.77.